The molecule has 1 aromatic rings. The number of ether oxygens (including phenoxy) is 2. The van der Waals surface area contributed by atoms with Crippen molar-refractivity contribution < 1.29 is 13.9 Å². The van der Waals surface area contributed by atoms with E-state index in [0.29, 0.717) is 18.3 Å². The standard InChI is InChI=1S/C14H18FNO2/c1-8-2-4-13(17-8)14-7-11(16)10-6-9(15)3-5-12(10)18-14/h3,5-6,8,11,13-14H,2,4,7,16H2,1H3/t8?,11-,13?,14?/m1/s1. The fourth-order valence-corrected chi connectivity index (χ4v) is 2.84. The van der Waals surface area contributed by atoms with E-state index >= 15 is 0 Å². The quantitative estimate of drug-likeness (QED) is 0.834. The topological polar surface area (TPSA) is 44.5 Å². The van der Waals surface area contributed by atoms with Gasteiger partial charge in [0.2, 0.25) is 0 Å². The molecule has 0 aromatic heterocycles. The maximum Gasteiger partial charge on any atom is 0.127 e. The van der Waals surface area contributed by atoms with Crippen LogP contribution in [0.15, 0.2) is 18.2 Å². The van der Waals surface area contributed by atoms with Crippen LogP contribution in [0.25, 0.3) is 0 Å². The second kappa shape index (κ2) is 4.52. The molecule has 2 heterocycles. The zero-order valence-electron chi connectivity index (χ0n) is 10.4. The summed E-state index contributed by atoms with van der Waals surface area (Å²) < 4.78 is 24.9. The Morgan fingerprint density at radius 1 is 1.28 bits per heavy atom. The molecule has 18 heavy (non-hydrogen) atoms. The van der Waals surface area contributed by atoms with Gasteiger partial charge in [0.1, 0.15) is 17.7 Å². The lowest BCUT2D eigenvalue weighted by molar-refractivity contribution is -0.0282. The summed E-state index contributed by atoms with van der Waals surface area (Å²) in [6.45, 7) is 2.08. The van der Waals surface area contributed by atoms with Crippen molar-refractivity contribution in [1.29, 1.82) is 0 Å². The Morgan fingerprint density at radius 3 is 2.83 bits per heavy atom. The molecule has 0 saturated carbocycles. The van der Waals surface area contributed by atoms with Crippen LogP contribution in [0.1, 0.15) is 37.8 Å². The Morgan fingerprint density at radius 2 is 2.11 bits per heavy atom. The van der Waals surface area contributed by atoms with Crippen LogP contribution in [0.2, 0.25) is 0 Å². The van der Waals surface area contributed by atoms with Gasteiger partial charge in [0, 0.05) is 18.0 Å². The summed E-state index contributed by atoms with van der Waals surface area (Å²) >= 11 is 0. The van der Waals surface area contributed by atoms with E-state index in [1.165, 1.54) is 12.1 Å². The normalized spacial score (nSPS) is 35.1. The smallest absolute Gasteiger partial charge is 0.127 e. The van der Waals surface area contributed by atoms with Gasteiger partial charge in [-0.15, -0.1) is 0 Å². The number of rotatable bonds is 1. The highest BCUT2D eigenvalue weighted by Crippen LogP contribution is 2.37. The molecule has 1 fully saturated rings. The first kappa shape index (κ1) is 11.9. The highest BCUT2D eigenvalue weighted by Gasteiger charge is 2.36. The maximum atomic E-state index is 13.2. The molecule has 3 rings (SSSR count). The third kappa shape index (κ3) is 2.10. The molecule has 2 aliphatic heterocycles. The average Bonchev–Trinajstić information content (AvgIpc) is 2.77. The van der Waals surface area contributed by atoms with Gasteiger partial charge in [-0.1, -0.05) is 0 Å². The fraction of sp³-hybridized carbons (Fsp3) is 0.571. The molecule has 0 amide bonds. The number of hydrogen-bond donors (Lipinski definition) is 1. The molecule has 2 aliphatic rings. The van der Waals surface area contributed by atoms with Crippen molar-refractivity contribution in [2.45, 2.75) is 50.5 Å². The van der Waals surface area contributed by atoms with Gasteiger partial charge < -0.3 is 15.2 Å². The van der Waals surface area contributed by atoms with Crippen molar-refractivity contribution in [2.24, 2.45) is 5.73 Å². The zero-order valence-corrected chi connectivity index (χ0v) is 10.4. The first-order valence-corrected chi connectivity index (χ1v) is 6.50. The predicted molar refractivity (Wildman–Crippen MR) is 65.9 cm³/mol. The van der Waals surface area contributed by atoms with E-state index in [1.54, 1.807) is 6.07 Å². The lowest BCUT2D eigenvalue weighted by Gasteiger charge is -2.33. The van der Waals surface area contributed by atoms with E-state index in [9.17, 15) is 4.39 Å². The highest BCUT2D eigenvalue weighted by atomic mass is 19.1. The maximum absolute atomic E-state index is 13.2. The highest BCUT2D eigenvalue weighted by molar-refractivity contribution is 5.38. The van der Waals surface area contributed by atoms with Crippen molar-refractivity contribution in [3.63, 3.8) is 0 Å². The van der Waals surface area contributed by atoms with Gasteiger partial charge >= 0.3 is 0 Å². The van der Waals surface area contributed by atoms with Crippen LogP contribution < -0.4 is 10.5 Å². The molecular weight excluding hydrogens is 233 g/mol. The molecule has 0 bridgehead atoms. The SMILES string of the molecule is CC1CCC(C2C[C@@H](N)c3cc(F)ccc3O2)O1. The van der Waals surface area contributed by atoms with E-state index < -0.39 is 0 Å². The first-order chi connectivity index (χ1) is 8.63. The minimum atomic E-state index is -0.267. The molecule has 98 valence electrons. The molecule has 1 aromatic carbocycles. The Kier molecular flexibility index (Phi) is 2.99. The second-order valence-corrected chi connectivity index (χ2v) is 5.24. The van der Waals surface area contributed by atoms with Gasteiger partial charge in [-0.3, -0.25) is 0 Å². The van der Waals surface area contributed by atoms with Crippen molar-refractivity contribution in [2.75, 3.05) is 0 Å². The Hall–Kier alpha value is -1.13. The molecule has 0 spiro atoms. The van der Waals surface area contributed by atoms with Crippen LogP contribution in [0.3, 0.4) is 0 Å². The Balaban J connectivity index is 1.81. The summed E-state index contributed by atoms with van der Waals surface area (Å²) in [5.41, 5.74) is 6.87. The van der Waals surface area contributed by atoms with E-state index in [4.69, 9.17) is 15.2 Å². The van der Waals surface area contributed by atoms with E-state index in [2.05, 4.69) is 6.92 Å². The molecule has 0 aliphatic carbocycles. The third-order valence-electron chi connectivity index (χ3n) is 3.82. The minimum Gasteiger partial charge on any atom is -0.487 e. The molecule has 4 heteroatoms. The van der Waals surface area contributed by atoms with Crippen LogP contribution in [-0.4, -0.2) is 18.3 Å². The average molecular weight is 251 g/mol. The van der Waals surface area contributed by atoms with Crippen LogP contribution in [0.5, 0.6) is 5.75 Å². The van der Waals surface area contributed by atoms with Crippen molar-refractivity contribution in [3.8, 4) is 5.75 Å². The number of halogens is 1. The molecule has 4 atom stereocenters. The Labute approximate surface area is 106 Å². The predicted octanol–water partition coefficient (Wildman–Crippen LogP) is 2.54. The van der Waals surface area contributed by atoms with E-state index in [1.807, 2.05) is 0 Å². The van der Waals surface area contributed by atoms with Crippen LogP contribution in [-0.2, 0) is 4.74 Å². The van der Waals surface area contributed by atoms with Crippen molar-refractivity contribution in [3.05, 3.63) is 29.6 Å². The van der Waals surface area contributed by atoms with Crippen molar-refractivity contribution in [1.82, 2.24) is 0 Å². The lowest BCUT2D eigenvalue weighted by atomic mass is 9.94. The van der Waals surface area contributed by atoms with Crippen LogP contribution >= 0.6 is 0 Å². The van der Waals surface area contributed by atoms with Gasteiger partial charge in [0.15, 0.2) is 0 Å². The van der Waals surface area contributed by atoms with Gasteiger partial charge in [0.05, 0.1) is 12.2 Å². The molecule has 0 radical (unpaired) electrons. The lowest BCUT2D eigenvalue weighted by Crippen LogP contribution is -2.38. The van der Waals surface area contributed by atoms with Crippen molar-refractivity contribution >= 4 is 0 Å². The summed E-state index contributed by atoms with van der Waals surface area (Å²) in [5.74, 6) is 0.431. The van der Waals surface area contributed by atoms with E-state index in [0.717, 1.165) is 18.4 Å². The number of nitrogens with two attached hydrogens (primary N) is 1. The second-order valence-electron chi connectivity index (χ2n) is 5.24. The van der Waals surface area contributed by atoms with Gasteiger partial charge in [-0.25, -0.2) is 4.39 Å². The molecule has 2 N–H and O–H groups in total. The number of benzene rings is 1. The number of hydrogen-bond acceptors (Lipinski definition) is 3. The summed E-state index contributed by atoms with van der Waals surface area (Å²) in [7, 11) is 0. The molecule has 3 unspecified atom stereocenters. The van der Waals surface area contributed by atoms with Crippen LogP contribution in [0.4, 0.5) is 4.39 Å². The number of fused-ring (bicyclic) bond motifs is 1. The molecule has 1 saturated heterocycles. The first-order valence-electron chi connectivity index (χ1n) is 6.50. The summed E-state index contributed by atoms with van der Waals surface area (Å²) in [4.78, 5) is 0. The largest absolute Gasteiger partial charge is 0.487 e. The summed E-state index contributed by atoms with van der Waals surface area (Å²) in [6.07, 6.45) is 3.16. The van der Waals surface area contributed by atoms with Gasteiger partial charge in [-0.2, -0.15) is 0 Å². The Bertz CT molecular complexity index is 451. The monoisotopic (exact) mass is 251 g/mol. The molecular formula is C14H18FNO2. The van der Waals surface area contributed by atoms with Gasteiger partial charge in [-0.05, 0) is 38.0 Å². The van der Waals surface area contributed by atoms with Gasteiger partial charge in [0.25, 0.3) is 0 Å². The zero-order chi connectivity index (χ0) is 12.7. The molecule has 3 nitrogen and oxygen atoms in total. The summed E-state index contributed by atoms with van der Waals surface area (Å²) in [6, 6.07) is 4.36. The van der Waals surface area contributed by atoms with E-state index in [-0.39, 0.29) is 24.1 Å². The third-order valence-corrected chi connectivity index (χ3v) is 3.82. The summed E-state index contributed by atoms with van der Waals surface area (Å²) in [5, 5.41) is 0. The minimum absolute atomic E-state index is 0.0112. The fourth-order valence-electron chi connectivity index (χ4n) is 2.84. The van der Waals surface area contributed by atoms with Crippen LogP contribution in [0, 0.1) is 5.82 Å².